The van der Waals surface area contributed by atoms with Crippen molar-refractivity contribution in [3.8, 4) is 0 Å². The Morgan fingerprint density at radius 3 is 1.35 bits per heavy atom. The third-order valence-electron chi connectivity index (χ3n) is 7.35. The maximum absolute atomic E-state index is 13.3. The minimum Gasteiger partial charge on any atom is -0.481 e. The Morgan fingerprint density at radius 2 is 0.941 bits per heavy atom. The first-order valence-electron chi connectivity index (χ1n) is 15.6. The topological polar surface area (TPSA) is 370 Å². The fraction of sp³-hybridized carbons (Fsp3) is 0.655. The van der Waals surface area contributed by atoms with Crippen LogP contribution in [0.1, 0.15) is 60.3 Å². The van der Waals surface area contributed by atoms with Crippen LogP contribution in [0.2, 0.25) is 0 Å². The molecule has 0 aliphatic rings. The smallest absolute Gasteiger partial charge is 0.326 e. The number of aliphatic carboxylic acids is 4. The zero-order valence-electron chi connectivity index (χ0n) is 28.6. The zero-order valence-corrected chi connectivity index (χ0v) is 28.6. The third-order valence-corrected chi connectivity index (χ3v) is 7.35. The molecule has 0 bridgehead atoms. The van der Waals surface area contributed by atoms with E-state index in [0.717, 1.165) is 6.92 Å². The zero-order chi connectivity index (χ0) is 39.7. The standard InChI is InChI=1S/C29H47N7O15/c1-6-12(4)22(36-23(44)13(5)31-25(46)15(8-19(40)41)32-24(45)14(30)7-18(38)39)28(49)33-16(9-20(42)43)26(47)34-17(10-37)27(48)35-21(11(2)3)29(50)51/h11-17,21-22,37H,6-10,30H2,1-5H3,(H,31,46)(H,32,45)(H,33,49)(H,34,47)(H,35,48)(H,36,44)(H,38,39)(H,40,41)(H,42,43)(H,50,51)/t12-,13-,14-,15-,16-,17-,21-,22-/m0/s1. The van der Waals surface area contributed by atoms with Crippen LogP contribution in [0.4, 0.5) is 0 Å². The predicted octanol–water partition coefficient (Wildman–Crippen LogP) is -4.55. The first kappa shape index (κ1) is 45.6. The molecule has 0 heterocycles. The molecule has 0 aromatic carbocycles. The molecule has 0 radical (unpaired) electrons. The molecule has 13 N–H and O–H groups in total. The lowest BCUT2D eigenvalue weighted by Crippen LogP contribution is -2.61. The molecule has 8 atom stereocenters. The summed E-state index contributed by atoms with van der Waals surface area (Å²) in [6.45, 7) is 6.23. The fourth-order valence-corrected chi connectivity index (χ4v) is 4.18. The van der Waals surface area contributed by atoms with Gasteiger partial charge >= 0.3 is 23.9 Å². The average Bonchev–Trinajstić information content (AvgIpc) is 3.02. The van der Waals surface area contributed by atoms with E-state index in [1.54, 1.807) is 6.92 Å². The number of carboxylic acids is 4. The minimum absolute atomic E-state index is 0.242. The molecule has 0 aromatic heterocycles. The monoisotopic (exact) mass is 733 g/mol. The Balaban J connectivity index is 5.92. The van der Waals surface area contributed by atoms with Gasteiger partial charge in [-0.15, -0.1) is 0 Å². The molecule has 0 aliphatic carbocycles. The number of hydrogen-bond donors (Lipinski definition) is 12. The number of nitrogens with one attached hydrogen (secondary N) is 6. The number of amides is 6. The second-order valence-electron chi connectivity index (χ2n) is 11.9. The van der Waals surface area contributed by atoms with Gasteiger partial charge < -0.3 is 63.2 Å². The average molecular weight is 734 g/mol. The molecule has 0 aromatic rings. The molecule has 0 unspecified atom stereocenters. The van der Waals surface area contributed by atoms with Gasteiger partial charge in [0, 0.05) is 0 Å². The third kappa shape index (κ3) is 16.3. The number of hydrogen-bond acceptors (Lipinski definition) is 12. The van der Waals surface area contributed by atoms with E-state index in [9.17, 15) is 68.4 Å². The Bertz CT molecular complexity index is 1320. The van der Waals surface area contributed by atoms with Crippen molar-refractivity contribution in [3.63, 3.8) is 0 Å². The number of rotatable bonds is 23. The van der Waals surface area contributed by atoms with Crippen molar-refractivity contribution in [3.05, 3.63) is 0 Å². The summed E-state index contributed by atoms with van der Waals surface area (Å²) < 4.78 is 0. The van der Waals surface area contributed by atoms with Crippen LogP contribution in [0.5, 0.6) is 0 Å². The van der Waals surface area contributed by atoms with Gasteiger partial charge in [0.15, 0.2) is 0 Å². The van der Waals surface area contributed by atoms with E-state index in [1.165, 1.54) is 20.8 Å². The summed E-state index contributed by atoms with van der Waals surface area (Å²) in [4.78, 5) is 122. The molecule has 22 nitrogen and oxygen atoms in total. The molecule has 0 saturated carbocycles. The van der Waals surface area contributed by atoms with Crippen LogP contribution in [-0.2, 0) is 47.9 Å². The highest BCUT2D eigenvalue weighted by molar-refractivity contribution is 5.98. The lowest BCUT2D eigenvalue weighted by atomic mass is 9.97. The van der Waals surface area contributed by atoms with Crippen molar-refractivity contribution in [2.45, 2.75) is 103 Å². The predicted molar refractivity (Wildman–Crippen MR) is 171 cm³/mol. The maximum Gasteiger partial charge on any atom is 0.326 e. The van der Waals surface area contributed by atoms with E-state index >= 15 is 0 Å². The first-order valence-corrected chi connectivity index (χ1v) is 15.6. The summed E-state index contributed by atoms with van der Waals surface area (Å²) in [5, 5.41) is 59.3. The van der Waals surface area contributed by atoms with Gasteiger partial charge in [0.2, 0.25) is 35.4 Å². The summed E-state index contributed by atoms with van der Waals surface area (Å²) in [6, 6.07) is -11.4. The molecule has 0 aliphatic heterocycles. The summed E-state index contributed by atoms with van der Waals surface area (Å²) in [6.07, 6.45) is -2.59. The van der Waals surface area contributed by atoms with Crippen molar-refractivity contribution >= 4 is 59.3 Å². The van der Waals surface area contributed by atoms with Crippen LogP contribution >= 0.6 is 0 Å². The van der Waals surface area contributed by atoms with E-state index in [2.05, 4.69) is 26.6 Å². The first-order chi connectivity index (χ1) is 23.5. The van der Waals surface area contributed by atoms with Gasteiger partial charge in [0.25, 0.3) is 0 Å². The van der Waals surface area contributed by atoms with Gasteiger partial charge in [-0.05, 0) is 18.8 Å². The van der Waals surface area contributed by atoms with E-state index in [-0.39, 0.29) is 6.42 Å². The fourth-order valence-electron chi connectivity index (χ4n) is 4.18. The normalized spacial score (nSPS) is 15.6. The summed E-state index contributed by atoms with van der Waals surface area (Å²) in [5.74, 6) is -14.0. The molecule has 51 heavy (non-hydrogen) atoms. The van der Waals surface area contributed by atoms with Gasteiger partial charge in [-0.3, -0.25) is 43.2 Å². The lowest BCUT2D eigenvalue weighted by Gasteiger charge is -2.28. The molecule has 0 fully saturated rings. The van der Waals surface area contributed by atoms with E-state index in [4.69, 9.17) is 10.8 Å². The Labute approximate surface area is 291 Å². The maximum atomic E-state index is 13.3. The van der Waals surface area contributed by atoms with E-state index in [0.29, 0.717) is 0 Å². The number of aliphatic hydroxyl groups is 1. The molecule has 0 rings (SSSR count). The van der Waals surface area contributed by atoms with Crippen molar-refractivity contribution in [2.75, 3.05) is 6.61 Å². The highest BCUT2D eigenvalue weighted by atomic mass is 16.4. The Hall–Kier alpha value is -5.38. The van der Waals surface area contributed by atoms with E-state index < -0.39 is 139 Å². The molecular formula is C29H47N7O15. The van der Waals surface area contributed by atoms with Crippen LogP contribution < -0.4 is 37.6 Å². The van der Waals surface area contributed by atoms with Gasteiger partial charge in [-0.25, -0.2) is 4.79 Å². The van der Waals surface area contributed by atoms with Crippen molar-refractivity contribution in [1.82, 2.24) is 31.9 Å². The van der Waals surface area contributed by atoms with Gasteiger partial charge in [-0.2, -0.15) is 0 Å². The molecule has 6 amide bonds. The number of aliphatic hydroxyl groups excluding tert-OH is 1. The van der Waals surface area contributed by atoms with Crippen molar-refractivity contribution in [1.29, 1.82) is 0 Å². The van der Waals surface area contributed by atoms with Crippen molar-refractivity contribution < 1.29 is 73.5 Å². The van der Waals surface area contributed by atoms with Gasteiger partial charge in [0.05, 0.1) is 31.9 Å². The molecule has 0 spiro atoms. The summed E-state index contributed by atoms with van der Waals surface area (Å²) >= 11 is 0. The number of nitrogens with two attached hydrogens (primary N) is 1. The quantitative estimate of drug-likeness (QED) is 0.0470. The van der Waals surface area contributed by atoms with Crippen LogP contribution in [-0.4, -0.2) is 134 Å². The molecule has 22 heteroatoms. The largest absolute Gasteiger partial charge is 0.481 e. The second-order valence-corrected chi connectivity index (χ2v) is 11.9. The van der Waals surface area contributed by atoms with Gasteiger partial charge in [0.1, 0.15) is 36.3 Å². The molecule has 288 valence electrons. The number of carbonyl (C=O) groups excluding carboxylic acids is 6. The van der Waals surface area contributed by atoms with Crippen LogP contribution in [0, 0.1) is 11.8 Å². The Morgan fingerprint density at radius 1 is 0.529 bits per heavy atom. The summed E-state index contributed by atoms with van der Waals surface area (Å²) in [5.41, 5.74) is 5.45. The van der Waals surface area contributed by atoms with Gasteiger partial charge in [-0.1, -0.05) is 34.1 Å². The second kappa shape index (κ2) is 21.7. The SMILES string of the molecule is CC[C@H](C)[C@H](NC(=O)[C@H](C)NC(=O)[C@H](CC(=O)O)NC(=O)[C@@H](N)CC(=O)O)C(=O)N[C@@H](CC(=O)O)C(=O)N[C@@H](CO)C(=O)N[C@H](C(=O)O)C(C)C. The number of carbonyl (C=O) groups is 10. The van der Waals surface area contributed by atoms with Crippen LogP contribution in [0.15, 0.2) is 0 Å². The summed E-state index contributed by atoms with van der Waals surface area (Å²) in [7, 11) is 0. The van der Waals surface area contributed by atoms with Crippen LogP contribution in [0.3, 0.4) is 0 Å². The Kier molecular flexibility index (Phi) is 19.4. The van der Waals surface area contributed by atoms with Crippen molar-refractivity contribution in [2.24, 2.45) is 17.6 Å². The lowest BCUT2D eigenvalue weighted by molar-refractivity contribution is -0.144. The minimum atomic E-state index is -1.87. The molecular weight excluding hydrogens is 686 g/mol. The highest BCUT2D eigenvalue weighted by Gasteiger charge is 2.35. The van der Waals surface area contributed by atoms with Crippen LogP contribution in [0.25, 0.3) is 0 Å². The molecule has 0 saturated heterocycles. The number of carboxylic acid groups (broad SMARTS) is 4. The highest BCUT2D eigenvalue weighted by Crippen LogP contribution is 2.10. The van der Waals surface area contributed by atoms with E-state index in [1.807, 2.05) is 5.32 Å².